The minimum atomic E-state index is -1.15. The van der Waals surface area contributed by atoms with Gasteiger partial charge in [0.1, 0.15) is 17.5 Å². The molecule has 0 unspecified atom stereocenters. The third kappa shape index (κ3) is 5.18. The molecule has 0 spiro atoms. The Morgan fingerprint density at radius 2 is 1.75 bits per heavy atom. The van der Waals surface area contributed by atoms with Crippen LogP contribution in [0.15, 0.2) is 90.2 Å². The Kier molecular flexibility index (Phi) is 6.79. The predicted octanol–water partition coefficient (Wildman–Crippen LogP) is 4.09. The number of hydrogen-bond acceptors (Lipinski definition) is 7. The zero-order valence-electron chi connectivity index (χ0n) is 21.4. The minimum absolute atomic E-state index is 0.0719. The molecule has 0 bridgehead atoms. The smallest absolute Gasteiger partial charge is 0.264 e. The van der Waals surface area contributed by atoms with Gasteiger partial charge in [0.15, 0.2) is 5.65 Å². The Morgan fingerprint density at radius 1 is 1.00 bits per heavy atom. The van der Waals surface area contributed by atoms with Crippen molar-refractivity contribution >= 4 is 28.5 Å². The van der Waals surface area contributed by atoms with Gasteiger partial charge < -0.3 is 14.7 Å². The van der Waals surface area contributed by atoms with E-state index < -0.39 is 5.60 Å². The van der Waals surface area contributed by atoms with Crippen LogP contribution in [-0.4, -0.2) is 58.9 Å². The molecule has 2 aromatic carbocycles. The van der Waals surface area contributed by atoms with Gasteiger partial charge in [-0.15, -0.1) is 0 Å². The van der Waals surface area contributed by atoms with E-state index in [0.29, 0.717) is 59.2 Å². The van der Waals surface area contributed by atoms with Crippen LogP contribution in [-0.2, 0) is 6.54 Å². The van der Waals surface area contributed by atoms with Crippen molar-refractivity contribution in [1.29, 1.82) is 0 Å². The van der Waals surface area contributed by atoms with Gasteiger partial charge in [-0.2, -0.15) is 5.10 Å². The number of pyridine rings is 1. The van der Waals surface area contributed by atoms with Crippen molar-refractivity contribution in [2.75, 3.05) is 13.1 Å². The van der Waals surface area contributed by atoms with Gasteiger partial charge >= 0.3 is 0 Å². The van der Waals surface area contributed by atoms with E-state index in [0.717, 1.165) is 5.69 Å². The lowest BCUT2D eigenvalue weighted by molar-refractivity contribution is -0.0299. The molecule has 0 saturated carbocycles. The summed E-state index contributed by atoms with van der Waals surface area (Å²) in [4.78, 5) is 36.6. The highest BCUT2D eigenvalue weighted by Crippen LogP contribution is 2.26. The number of nitrogens with zero attached hydrogens (tertiary/aromatic N) is 6. The van der Waals surface area contributed by atoms with Crippen LogP contribution in [0.25, 0.3) is 16.7 Å². The summed E-state index contributed by atoms with van der Waals surface area (Å²) in [7, 11) is 0. The molecule has 3 aromatic heterocycles. The van der Waals surface area contributed by atoms with Gasteiger partial charge in [0.05, 0.1) is 24.0 Å². The number of ether oxygens (including phenoxy) is 1. The van der Waals surface area contributed by atoms with Crippen LogP contribution in [0.2, 0.25) is 5.02 Å². The standard InChI is InChI=1S/C29H25ClN6O4/c30-21-6-8-22(9-7-21)36-26-24(17-33-36)28(38)35(19-32-26)18-29(39)12-15-34(16-13-29)27(37)20-4-10-23(11-5-20)40-25-3-1-2-14-31-25/h1-11,14,17,19,39H,12-13,15-16,18H2. The number of halogens is 1. The zero-order valence-corrected chi connectivity index (χ0v) is 22.1. The Balaban J connectivity index is 1.11. The maximum absolute atomic E-state index is 13.2. The fraction of sp³-hybridized carbons (Fsp3) is 0.207. The lowest BCUT2D eigenvalue weighted by Crippen LogP contribution is -2.49. The molecule has 202 valence electrons. The third-order valence-electron chi connectivity index (χ3n) is 7.03. The van der Waals surface area contributed by atoms with Crippen molar-refractivity contribution in [3.63, 3.8) is 0 Å². The summed E-state index contributed by atoms with van der Waals surface area (Å²) in [5, 5.41) is 16.6. The quantitative estimate of drug-likeness (QED) is 0.335. The summed E-state index contributed by atoms with van der Waals surface area (Å²) >= 11 is 5.98. The average molecular weight is 557 g/mol. The largest absolute Gasteiger partial charge is 0.439 e. The van der Waals surface area contributed by atoms with Gasteiger partial charge in [0, 0.05) is 35.9 Å². The molecule has 4 heterocycles. The second-order valence-corrected chi connectivity index (χ2v) is 10.2. The Labute approximate surface area is 234 Å². The van der Waals surface area contributed by atoms with E-state index in [1.807, 2.05) is 6.07 Å². The van der Waals surface area contributed by atoms with Crippen molar-refractivity contribution < 1.29 is 14.6 Å². The first-order chi connectivity index (χ1) is 19.4. The number of hydrogen-bond donors (Lipinski definition) is 1. The van der Waals surface area contributed by atoms with Crippen LogP contribution in [0.1, 0.15) is 23.2 Å². The molecule has 40 heavy (non-hydrogen) atoms. The number of carbonyl (C=O) groups excluding carboxylic acids is 1. The van der Waals surface area contributed by atoms with Crippen molar-refractivity contribution in [2.24, 2.45) is 0 Å². The topological polar surface area (TPSA) is 115 Å². The van der Waals surface area contributed by atoms with Crippen molar-refractivity contribution in [3.05, 3.63) is 106 Å². The zero-order chi connectivity index (χ0) is 27.7. The van der Waals surface area contributed by atoms with Gasteiger partial charge in [-0.3, -0.25) is 14.2 Å². The van der Waals surface area contributed by atoms with Gasteiger partial charge in [0.25, 0.3) is 11.5 Å². The van der Waals surface area contributed by atoms with E-state index in [4.69, 9.17) is 16.3 Å². The molecule has 0 atom stereocenters. The lowest BCUT2D eigenvalue weighted by atomic mass is 9.91. The average Bonchev–Trinajstić information content (AvgIpc) is 3.41. The van der Waals surface area contributed by atoms with E-state index >= 15 is 0 Å². The van der Waals surface area contributed by atoms with E-state index in [1.54, 1.807) is 76.4 Å². The monoisotopic (exact) mass is 556 g/mol. The number of carbonyl (C=O) groups is 1. The van der Waals surface area contributed by atoms with Gasteiger partial charge in [0.2, 0.25) is 5.88 Å². The van der Waals surface area contributed by atoms with Crippen LogP contribution < -0.4 is 10.3 Å². The summed E-state index contributed by atoms with van der Waals surface area (Å²) in [6.07, 6.45) is 5.21. The van der Waals surface area contributed by atoms with Crippen LogP contribution in [0.4, 0.5) is 0 Å². The lowest BCUT2D eigenvalue weighted by Gasteiger charge is -2.38. The number of rotatable bonds is 6. The highest BCUT2D eigenvalue weighted by atomic mass is 35.5. The van der Waals surface area contributed by atoms with Crippen molar-refractivity contribution in [1.82, 2.24) is 29.2 Å². The Bertz CT molecular complexity index is 1710. The number of benzene rings is 2. The Hall–Kier alpha value is -4.54. The van der Waals surface area contributed by atoms with Gasteiger partial charge in [-0.25, -0.2) is 14.6 Å². The molecular weight excluding hydrogens is 532 g/mol. The molecule has 1 N–H and O–H groups in total. The van der Waals surface area contributed by atoms with Crippen LogP contribution >= 0.6 is 11.6 Å². The molecule has 11 heteroatoms. The first-order valence-electron chi connectivity index (χ1n) is 12.8. The maximum atomic E-state index is 13.2. The van der Waals surface area contributed by atoms with Gasteiger partial charge in [-0.1, -0.05) is 17.7 Å². The van der Waals surface area contributed by atoms with Crippen molar-refractivity contribution in [2.45, 2.75) is 25.0 Å². The Morgan fingerprint density at radius 3 is 2.45 bits per heavy atom. The highest BCUT2D eigenvalue weighted by molar-refractivity contribution is 6.30. The SMILES string of the molecule is O=C(c1ccc(Oc2ccccn2)cc1)N1CCC(O)(Cn2cnc3c(cnn3-c3ccc(Cl)cc3)c2=O)CC1. The summed E-state index contributed by atoms with van der Waals surface area (Å²) < 4.78 is 8.68. The van der Waals surface area contributed by atoms with Crippen LogP contribution in [0, 0.1) is 0 Å². The van der Waals surface area contributed by atoms with E-state index in [1.165, 1.54) is 17.1 Å². The molecule has 1 aliphatic rings. The fourth-order valence-corrected chi connectivity index (χ4v) is 4.94. The maximum Gasteiger partial charge on any atom is 0.264 e. The molecule has 5 aromatic rings. The second kappa shape index (κ2) is 10.6. The number of fused-ring (bicyclic) bond motifs is 1. The first kappa shape index (κ1) is 25.7. The molecule has 0 radical (unpaired) electrons. The first-order valence-corrected chi connectivity index (χ1v) is 13.2. The second-order valence-electron chi connectivity index (χ2n) is 9.76. The predicted molar refractivity (Wildman–Crippen MR) is 149 cm³/mol. The molecule has 0 aliphatic carbocycles. The van der Waals surface area contributed by atoms with E-state index in [-0.39, 0.29) is 18.0 Å². The number of likely N-dealkylation sites (tertiary alicyclic amines) is 1. The van der Waals surface area contributed by atoms with E-state index in [2.05, 4.69) is 15.1 Å². The van der Waals surface area contributed by atoms with Gasteiger partial charge in [-0.05, 0) is 67.4 Å². The third-order valence-corrected chi connectivity index (χ3v) is 7.29. The van der Waals surface area contributed by atoms with Crippen LogP contribution in [0.5, 0.6) is 11.6 Å². The molecule has 10 nitrogen and oxygen atoms in total. The van der Waals surface area contributed by atoms with E-state index in [9.17, 15) is 14.7 Å². The number of piperidine rings is 1. The summed E-state index contributed by atoms with van der Waals surface area (Å²) in [6, 6.07) is 19.4. The summed E-state index contributed by atoms with van der Waals surface area (Å²) in [5.74, 6) is 0.931. The van der Waals surface area contributed by atoms with Crippen molar-refractivity contribution in [3.8, 4) is 17.3 Å². The fourth-order valence-electron chi connectivity index (χ4n) is 4.81. The number of amides is 1. The summed E-state index contributed by atoms with van der Waals surface area (Å²) in [5.41, 5.74) is 0.248. The summed E-state index contributed by atoms with van der Waals surface area (Å²) in [6.45, 7) is 0.795. The molecule has 1 fully saturated rings. The van der Waals surface area contributed by atoms with Crippen LogP contribution in [0.3, 0.4) is 0 Å². The highest BCUT2D eigenvalue weighted by Gasteiger charge is 2.35. The molecular formula is C29H25ClN6O4. The molecule has 6 rings (SSSR count). The number of aliphatic hydroxyl groups is 1. The molecule has 1 amide bonds. The molecule has 1 aliphatic heterocycles. The minimum Gasteiger partial charge on any atom is -0.439 e. The molecule has 1 saturated heterocycles. The number of aromatic nitrogens is 5. The normalized spacial score (nSPS) is 14.8.